The van der Waals surface area contributed by atoms with E-state index in [0.717, 1.165) is 19.4 Å². The Morgan fingerprint density at radius 2 is 1.27 bits per heavy atom. The lowest BCUT2D eigenvalue weighted by Gasteiger charge is -2.28. The molecule has 4 nitrogen and oxygen atoms in total. The number of H-pyrrole nitrogens is 1. The summed E-state index contributed by atoms with van der Waals surface area (Å²) in [4.78, 5) is 18.3. The van der Waals surface area contributed by atoms with Crippen LogP contribution in [0.15, 0.2) is 24.4 Å². The first kappa shape index (κ1) is 33.5. The Morgan fingerprint density at radius 3 is 1.83 bits per heavy atom. The van der Waals surface area contributed by atoms with Crippen molar-refractivity contribution in [2.75, 3.05) is 24.5 Å². The summed E-state index contributed by atoms with van der Waals surface area (Å²) in [5, 5.41) is 4.47. The third-order valence-corrected chi connectivity index (χ3v) is 9.20. The lowest BCUT2D eigenvalue weighted by molar-refractivity contribution is -0.121. The van der Waals surface area contributed by atoms with Crippen LogP contribution in [0.5, 0.6) is 0 Å². The smallest absolute Gasteiger partial charge is 0.220 e. The minimum Gasteiger partial charge on any atom is -0.372 e. The predicted molar refractivity (Wildman–Crippen MR) is 179 cm³/mol. The van der Waals surface area contributed by atoms with Gasteiger partial charge in [0.05, 0.1) is 0 Å². The number of nitrogens with zero attached hydrogens (tertiary/aromatic N) is 1. The van der Waals surface area contributed by atoms with Gasteiger partial charge in [-0.3, -0.25) is 4.79 Å². The Hall–Kier alpha value is -1.97. The molecule has 2 aromatic rings. The van der Waals surface area contributed by atoms with Crippen molar-refractivity contribution < 1.29 is 4.79 Å². The number of piperidine rings is 1. The van der Waals surface area contributed by atoms with Crippen LogP contribution in [0.2, 0.25) is 0 Å². The van der Waals surface area contributed by atoms with Crippen LogP contribution in [-0.2, 0) is 11.2 Å². The number of amides is 1. The fourth-order valence-corrected chi connectivity index (χ4v) is 6.51. The third-order valence-electron chi connectivity index (χ3n) is 9.20. The Bertz CT molecular complexity index is 929. The fourth-order valence-electron chi connectivity index (χ4n) is 6.51. The lowest BCUT2D eigenvalue weighted by atomic mass is 10.0. The maximum atomic E-state index is 12.4. The molecule has 1 aliphatic heterocycles. The van der Waals surface area contributed by atoms with E-state index in [1.807, 2.05) is 0 Å². The fraction of sp³-hybridized carbons (Fsp3) is 0.757. The second-order valence-electron chi connectivity index (χ2n) is 12.8. The van der Waals surface area contributed by atoms with E-state index in [1.165, 1.54) is 170 Å². The van der Waals surface area contributed by atoms with E-state index in [-0.39, 0.29) is 5.91 Å². The second kappa shape index (κ2) is 21.7. The molecule has 2 heterocycles. The van der Waals surface area contributed by atoms with Gasteiger partial charge in [-0.2, -0.15) is 0 Å². The number of aromatic nitrogens is 1. The standard InChI is InChI=1S/C37H63N3O/c1-2-3-4-5-6-7-8-9-10-11-12-13-14-15-16-17-18-19-21-24-37(41)38-28-27-33-32-39-36-26-25-34(31-35(33)36)40-29-22-20-23-30-40/h25-26,31-32,39H,2-24,27-30H2,1H3,(H,38,41). The SMILES string of the molecule is CCCCCCCCCCCCCCCCCCCCCC(=O)NCCc1c[nH]c2ccc(N3CCCCC3)cc12. The highest BCUT2D eigenvalue weighted by Gasteiger charge is 2.13. The Morgan fingerprint density at radius 1 is 0.732 bits per heavy atom. The van der Waals surface area contributed by atoms with Gasteiger partial charge in [-0.25, -0.2) is 0 Å². The van der Waals surface area contributed by atoms with E-state index in [1.54, 1.807) is 0 Å². The molecule has 3 rings (SSSR count). The number of benzene rings is 1. The Kier molecular flexibility index (Phi) is 17.7. The summed E-state index contributed by atoms with van der Waals surface area (Å²) >= 11 is 0. The number of hydrogen-bond donors (Lipinski definition) is 2. The molecule has 1 aromatic heterocycles. The van der Waals surface area contributed by atoms with E-state index in [2.05, 4.69) is 46.5 Å². The van der Waals surface area contributed by atoms with Gasteiger partial charge in [-0.05, 0) is 55.9 Å². The molecule has 1 aliphatic rings. The van der Waals surface area contributed by atoms with Crippen molar-refractivity contribution in [3.05, 3.63) is 30.0 Å². The number of rotatable bonds is 24. The lowest BCUT2D eigenvalue weighted by Crippen LogP contribution is -2.29. The molecule has 41 heavy (non-hydrogen) atoms. The van der Waals surface area contributed by atoms with Crippen molar-refractivity contribution in [1.82, 2.24) is 10.3 Å². The molecule has 0 bridgehead atoms. The number of anilines is 1. The molecular weight excluding hydrogens is 502 g/mol. The maximum absolute atomic E-state index is 12.4. The minimum absolute atomic E-state index is 0.214. The van der Waals surface area contributed by atoms with Crippen molar-refractivity contribution in [2.24, 2.45) is 0 Å². The molecule has 0 unspecified atom stereocenters. The van der Waals surface area contributed by atoms with Crippen LogP contribution in [0.4, 0.5) is 5.69 Å². The van der Waals surface area contributed by atoms with Crippen LogP contribution in [0, 0.1) is 0 Å². The molecule has 1 saturated heterocycles. The molecule has 232 valence electrons. The topological polar surface area (TPSA) is 48.1 Å². The zero-order valence-corrected chi connectivity index (χ0v) is 26.8. The average Bonchev–Trinajstić information content (AvgIpc) is 3.41. The second-order valence-corrected chi connectivity index (χ2v) is 12.8. The van der Waals surface area contributed by atoms with Gasteiger partial charge in [0.1, 0.15) is 0 Å². The molecule has 4 heteroatoms. The molecule has 0 atom stereocenters. The van der Waals surface area contributed by atoms with Crippen molar-refractivity contribution in [1.29, 1.82) is 0 Å². The summed E-state index contributed by atoms with van der Waals surface area (Å²) in [5.74, 6) is 0.214. The molecule has 1 amide bonds. The monoisotopic (exact) mass is 565 g/mol. The Labute approximate surface area is 252 Å². The van der Waals surface area contributed by atoms with E-state index >= 15 is 0 Å². The van der Waals surface area contributed by atoms with Gasteiger partial charge in [0.15, 0.2) is 0 Å². The highest BCUT2D eigenvalue weighted by molar-refractivity contribution is 5.86. The summed E-state index contributed by atoms with van der Waals surface area (Å²) in [6.07, 6.45) is 33.9. The summed E-state index contributed by atoms with van der Waals surface area (Å²) in [5.41, 5.74) is 3.84. The first-order valence-electron chi connectivity index (χ1n) is 17.9. The first-order valence-corrected chi connectivity index (χ1v) is 17.9. The van der Waals surface area contributed by atoms with Gasteiger partial charge in [0, 0.05) is 48.8 Å². The number of carbonyl (C=O) groups is 1. The molecular formula is C37H63N3O. The first-order chi connectivity index (χ1) is 20.3. The van der Waals surface area contributed by atoms with Crippen molar-refractivity contribution in [3.8, 4) is 0 Å². The van der Waals surface area contributed by atoms with Gasteiger partial charge in [-0.1, -0.05) is 122 Å². The number of hydrogen-bond acceptors (Lipinski definition) is 2. The van der Waals surface area contributed by atoms with Gasteiger partial charge in [-0.15, -0.1) is 0 Å². The summed E-state index contributed by atoms with van der Waals surface area (Å²) < 4.78 is 0. The van der Waals surface area contributed by atoms with E-state index in [9.17, 15) is 4.79 Å². The van der Waals surface area contributed by atoms with Crippen molar-refractivity contribution in [3.63, 3.8) is 0 Å². The number of fused-ring (bicyclic) bond motifs is 1. The van der Waals surface area contributed by atoms with Crippen LogP contribution < -0.4 is 10.2 Å². The van der Waals surface area contributed by atoms with Crippen LogP contribution in [0.1, 0.15) is 160 Å². The quantitative estimate of drug-likeness (QED) is 0.124. The number of aromatic amines is 1. The predicted octanol–water partition coefficient (Wildman–Crippen LogP) is 10.6. The Balaban J connectivity index is 1.10. The average molecular weight is 566 g/mol. The summed E-state index contributed by atoms with van der Waals surface area (Å²) in [6.45, 7) is 5.35. The van der Waals surface area contributed by atoms with Crippen molar-refractivity contribution >= 4 is 22.5 Å². The van der Waals surface area contributed by atoms with E-state index < -0.39 is 0 Å². The van der Waals surface area contributed by atoms with Crippen LogP contribution in [0.25, 0.3) is 10.9 Å². The zero-order valence-electron chi connectivity index (χ0n) is 26.8. The number of carbonyl (C=O) groups excluding carboxylic acids is 1. The summed E-state index contributed by atoms with van der Waals surface area (Å²) in [7, 11) is 0. The van der Waals surface area contributed by atoms with E-state index in [0.29, 0.717) is 6.42 Å². The van der Waals surface area contributed by atoms with E-state index in [4.69, 9.17) is 0 Å². The maximum Gasteiger partial charge on any atom is 0.220 e. The van der Waals surface area contributed by atoms with Crippen LogP contribution >= 0.6 is 0 Å². The van der Waals surface area contributed by atoms with Crippen LogP contribution in [-0.4, -0.2) is 30.5 Å². The van der Waals surface area contributed by atoms with Crippen LogP contribution in [0.3, 0.4) is 0 Å². The van der Waals surface area contributed by atoms with Gasteiger partial charge >= 0.3 is 0 Å². The minimum atomic E-state index is 0.214. The van der Waals surface area contributed by atoms with Crippen molar-refractivity contribution in [2.45, 2.75) is 161 Å². The number of nitrogens with one attached hydrogen (secondary N) is 2. The van der Waals surface area contributed by atoms with Gasteiger partial charge < -0.3 is 15.2 Å². The van der Waals surface area contributed by atoms with Gasteiger partial charge in [0.2, 0.25) is 5.91 Å². The molecule has 1 fully saturated rings. The third kappa shape index (κ3) is 14.2. The molecule has 0 spiro atoms. The highest BCUT2D eigenvalue weighted by Crippen LogP contribution is 2.27. The van der Waals surface area contributed by atoms with Gasteiger partial charge in [0.25, 0.3) is 0 Å². The normalized spacial score (nSPS) is 13.7. The molecule has 2 N–H and O–H groups in total. The highest BCUT2D eigenvalue weighted by atomic mass is 16.1. The molecule has 0 saturated carbocycles. The largest absolute Gasteiger partial charge is 0.372 e. The zero-order chi connectivity index (χ0) is 28.8. The molecule has 1 aromatic carbocycles. The molecule has 0 aliphatic carbocycles. The molecule has 0 radical (unpaired) electrons. The summed E-state index contributed by atoms with van der Waals surface area (Å²) in [6, 6.07) is 6.80. The number of unbranched alkanes of at least 4 members (excludes halogenated alkanes) is 18.